The largest absolute Gasteiger partial charge is 0.506 e. The Morgan fingerprint density at radius 2 is 1.65 bits per heavy atom. The number of primary amides is 1. The summed E-state index contributed by atoms with van der Waals surface area (Å²) in [4.78, 5) is 84.3. The molecule has 2 aromatic carbocycles. The van der Waals surface area contributed by atoms with Crippen molar-refractivity contribution in [2.24, 2.45) is 29.4 Å². The summed E-state index contributed by atoms with van der Waals surface area (Å²) in [5.74, 6) is -11.5. The lowest BCUT2D eigenvalue weighted by Gasteiger charge is -2.52. The van der Waals surface area contributed by atoms with Crippen molar-refractivity contribution in [3.63, 3.8) is 0 Å². The van der Waals surface area contributed by atoms with Crippen LogP contribution in [0.1, 0.15) is 38.3 Å². The number of benzene rings is 2. The molecule has 11 nitrogen and oxygen atoms in total. The molecular weight excluding hydrogens is 574 g/mol. The number of hydrogen-bond donors (Lipinski definition) is 3. The molecule has 0 aromatic heterocycles. The predicted octanol–water partition coefficient (Wildman–Crippen LogP) is 1.17. The van der Waals surface area contributed by atoms with Gasteiger partial charge in [-0.1, -0.05) is 17.7 Å². The van der Waals surface area contributed by atoms with Crippen molar-refractivity contribution >= 4 is 51.6 Å². The molecule has 5 rings (SSSR count). The number of aromatic hydroxyl groups is 1. The molecule has 1 amide bonds. The molecule has 4 N–H and O–H groups in total. The Morgan fingerprint density at radius 3 is 2.21 bits per heavy atom. The van der Waals surface area contributed by atoms with Gasteiger partial charge in [-0.2, -0.15) is 0 Å². The highest BCUT2D eigenvalue weighted by Crippen LogP contribution is 2.52. The lowest BCUT2D eigenvalue weighted by Crippen LogP contribution is -2.74. The first-order chi connectivity index (χ1) is 20.1. The standard InChI is InChI=1S/C31H33N3O8S/c1-13-6-8-15(9-7-13)43-30(41)17-12-19(33(2)3)16-10-14-11-18-23(34(4)5)26(37)22(29(32)40)28(39)31(18,42)27(38)20(14)25(36)21(16)24(17)35/h6-9,12,14,18,20,22-23,35,42H,10-11H2,1-5H3,(H2,32,40)/t14?,18?,20?,22?,23-,31-/m0/s1. The number of nitrogens with zero attached hydrogens (tertiary/aromatic N) is 2. The van der Waals surface area contributed by atoms with E-state index in [0.717, 1.165) is 17.3 Å². The zero-order valence-corrected chi connectivity index (χ0v) is 25.2. The Labute approximate surface area is 252 Å². The second-order valence-electron chi connectivity index (χ2n) is 12.0. The van der Waals surface area contributed by atoms with Crippen LogP contribution in [0.4, 0.5) is 5.69 Å². The van der Waals surface area contributed by atoms with Crippen molar-refractivity contribution in [1.82, 2.24) is 4.90 Å². The molecule has 0 saturated heterocycles. The molecule has 0 aliphatic heterocycles. The number of thioether (sulfide) groups is 1. The summed E-state index contributed by atoms with van der Waals surface area (Å²) in [6.07, 6.45) is 0.0496. The van der Waals surface area contributed by atoms with Crippen LogP contribution < -0.4 is 10.6 Å². The number of anilines is 1. The molecule has 2 fully saturated rings. The molecule has 226 valence electrons. The summed E-state index contributed by atoms with van der Waals surface area (Å²) in [7, 11) is 6.51. The first kappa shape index (κ1) is 30.6. The topological polar surface area (TPSA) is 175 Å². The number of phenolic OH excluding ortho intramolecular Hbond substituents is 1. The predicted molar refractivity (Wildman–Crippen MR) is 157 cm³/mol. The average Bonchev–Trinajstić information content (AvgIpc) is 2.91. The number of likely N-dealkylation sites (N-methyl/N-ethyl adjacent to an activating group) is 1. The van der Waals surface area contributed by atoms with Crippen molar-refractivity contribution in [3.05, 3.63) is 52.6 Å². The fraction of sp³-hybridized carbons (Fsp3) is 0.419. The Balaban J connectivity index is 1.62. The maximum Gasteiger partial charge on any atom is 0.235 e. The van der Waals surface area contributed by atoms with Gasteiger partial charge in [-0.3, -0.25) is 33.7 Å². The van der Waals surface area contributed by atoms with E-state index in [4.69, 9.17) is 5.73 Å². The van der Waals surface area contributed by atoms with Crippen LogP contribution in [-0.2, 0) is 25.6 Å². The van der Waals surface area contributed by atoms with Crippen LogP contribution in [-0.4, -0.2) is 89.1 Å². The molecule has 0 bridgehead atoms. The van der Waals surface area contributed by atoms with E-state index < -0.39 is 75.2 Å². The molecule has 12 heteroatoms. The van der Waals surface area contributed by atoms with Gasteiger partial charge in [-0.05, 0) is 75.3 Å². The van der Waals surface area contributed by atoms with E-state index in [1.165, 1.54) is 25.1 Å². The van der Waals surface area contributed by atoms with Gasteiger partial charge in [0, 0.05) is 30.6 Å². The lowest BCUT2D eigenvalue weighted by atomic mass is 9.52. The van der Waals surface area contributed by atoms with Crippen LogP contribution in [0.25, 0.3) is 0 Å². The molecule has 43 heavy (non-hydrogen) atoms. The van der Waals surface area contributed by atoms with Gasteiger partial charge in [0.05, 0.1) is 23.1 Å². The van der Waals surface area contributed by atoms with Gasteiger partial charge in [-0.15, -0.1) is 0 Å². The highest BCUT2D eigenvalue weighted by Gasteiger charge is 2.69. The minimum atomic E-state index is -2.81. The molecule has 2 saturated carbocycles. The van der Waals surface area contributed by atoms with Crippen LogP contribution in [0.3, 0.4) is 0 Å². The van der Waals surface area contributed by atoms with E-state index in [-0.39, 0.29) is 24.0 Å². The van der Waals surface area contributed by atoms with Gasteiger partial charge in [0.15, 0.2) is 34.7 Å². The van der Waals surface area contributed by atoms with Gasteiger partial charge in [0.1, 0.15) is 5.75 Å². The number of rotatable bonds is 5. The summed E-state index contributed by atoms with van der Waals surface area (Å²) in [6.45, 7) is 1.91. The van der Waals surface area contributed by atoms with Crippen molar-refractivity contribution in [2.75, 3.05) is 33.1 Å². The first-order valence-electron chi connectivity index (χ1n) is 13.8. The number of phenols is 1. The van der Waals surface area contributed by atoms with Gasteiger partial charge < -0.3 is 20.8 Å². The van der Waals surface area contributed by atoms with E-state index in [0.29, 0.717) is 16.1 Å². The third-order valence-corrected chi connectivity index (χ3v) is 9.88. The number of amides is 1. The molecule has 3 aliphatic carbocycles. The summed E-state index contributed by atoms with van der Waals surface area (Å²) in [6, 6.07) is 7.55. The average molecular weight is 608 g/mol. The van der Waals surface area contributed by atoms with Crippen molar-refractivity contribution in [3.8, 4) is 5.75 Å². The molecule has 0 radical (unpaired) electrons. The maximum absolute atomic E-state index is 14.1. The summed E-state index contributed by atoms with van der Waals surface area (Å²) >= 11 is 0.875. The summed E-state index contributed by atoms with van der Waals surface area (Å²) in [5, 5.41) is 22.6. The van der Waals surface area contributed by atoms with Crippen molar-refractivity contribution in [1.29, 1.82) is 0 Å². The maximum atomic E-state index is 14.1. The monoisotopic (exact) mass is 607 g/mol. The number of fused-ring (bicyclic) bond motifs is 3. The van der Waals surface area contributed by atoms with E-state index >= 15 is 0 Å². The second kappa shape index (κ2) is 10.7. The fourth-order valence-corrected chi connectivity index (χ4v) is 7.73. The zero-order valence-electron chi connectivity index (χ0n) is 24.4. The van der Waals surface area contributed by atoms with Gasteiger partial charge in [0.2, 0.25) is 11.0 Å². The normalized spacial score (nSPS) is 28.3. The second-order valence-corrected chi connectivity index (χ2v) is 13.1. The Kier molecular flexibility index (Phi) is 7.60. The zero-order chi connectivity index (χ0) is 31.7. The highest BCUT2D eigenvalue weighted by atomic mass is 32.2. The van der Waals surface area contributed by atoms with Crippen LogP contribution in [0, 0.1) is 30.6 Å². The molecule has 6 atom stereocenters. The van der Waals surface area contributed by atoms with E-state index in [1.54, 1.807) is 31.1 Å². The van der Waals surface area contributed by atoms with Crippen molar-refractivity contribution < 1.29 is 39.0 Å². The highest BCUT2D eigenvalue weighted by molar-refractivity contribution is 8.14. The Hall–Kier alpha value is -3.87. The van der Waals surface area contributed by atoms with E-state index in [2.05, 4.69) is 0 Å². The Morgan fingerprint density at radius 1 is 1.02 bits per heavy atom. The minimum Gasteiger partial charge on any atom is -0.506 e. The van der Waals surface area contributed by atoms with Gasteiger partial charge in [0.25, 0.3) is 0 Å². The van der Waals surface area contributed by atoms with Crippen LogP contribution in [0.5, 0.6) is 5.75 Å². The quantitative estimate of drug-likeness (QED) is 0.329. The van der Waals surface area contributed by atoms with Crippen LogP contribution in [0.2, 0.25) is 0 Å². The molecular formula is C31H33N3O8S. The van der Waals surface area contributed by atoms with E-state index in [9.17, 15) is 39.0 Å². The smallest absolute Gasteiger partial charge is 0.235 e. The number of carbonyl (C=O) groups is 6. The van der Waals surface area contributed by atoms with Gasteiger partial charge >= 0.3 is 0 Å². The molecule has 0 spiro atoms. The Bertz CT molecular complexity index is 1600. The van der Waals surface area contributed by atoms with E-state index in [1.807, 2.05) is 19.1 Å². The molecule has 2 aromatic rings. The number of Topliss-reactive ketones (excluding diaryl/α,β-unsaturated/α-hetero) is 4. The lowest BCUT2D eigenvalue weighted by molar-refractivity contribution is -0.181. The van der Waals surface area contributed by atoms with Crippen LogP contribution >= 0.6 is 11.8 Å². The third-order valence-electron chi connectivity index (χ3n) is 8.97. The van der Waals surface area contributed by atoms with Gasteiger partial charge in [-0.25, -0.2) is 0 Å². The third kappa shape index (κ3) is 4.59. The summed E-state index contributed by atoms with van der Waals surface area (Å²) < 4.78 is 0. The number of nitrogens with two attached hydrogens (primary N) is 1. The number of hydrogen-bond acceptors (Lipinski definition) is 11. The van der Waals surface area contributed by atoms with Crippen molar-refractivity contribution in [2.45, 2.75) is 36.3 Å². The minimum absolute atomic E-state index is 0.0541. The molecule has 4 unspecified atom stereocenters. The summed E-state index contributed by atoms with van der Waals surface area (Å²) in [5.41, 5.74) is 4.14. The first-order valence-corrected chi connectivity index (χ1v) is 14.6. The number of carbonyl (C=O) groups excluding carboxylic acids is 6. The molecule has 3 aliphatic rings. The fourth-order valence-electron chi connectivity index (χ4n) is 6.98. The number of aryl methyl sites for hydroxylation is 1. The SMILES string of the molecule is Cc1ccc(SC(=O)c2cc(N(C)C)c3c(c2O)C(=O)C2C(=O)[C@]4(O)C(=O)C(C(N)=O)C(=O)[C@@H](N(C)C)C4CC2C3)cc1. The number of ketones is 4. The van der Waals surface area contributed by atoms with Crippen LogP contribution in [0.15, 0.2) is 35.2 Å². The number of aliphatic hydroxyl groups is 1. The molecule has 0 heterocycles.